The van der Waals surface area contributed by atoms with Crippen LogP contribution in [-0.2, 0) is 14.8 Å². The monoisotopic (exact) mass is 492 g/mol. The lowest BCUT2D eigenvalue weighted by atomic mass is 9.53. The Morgan fingerprint density at radius 2 is 1.50 bits per heavy atom. The van der Waals surface area contributed by atoms with Crippen LogP contribution in [0.4, 0.5) is 9.18 Å². The smallest absolute Gasteiger partial charge is 0.321 e. The predicted molar refractivity (Wildman–Crippen MR) is 124 cm³/mol. The van der Waals surface area contributed by atoms with Crippen molar-refractivity contribution in [3.05, 3.63) is 30.1 Å². The van der Waals surface area contributed by atoms with Gasteiger partial charge in [-0.3, -0.25) is 15.0 Å². The number of nitrogens with zero attached hydrogens (tertiary/aromatic N) is 2. The number of hydrogen-bond acceptors (Lipinski definition) is 5. The van der Waals surface area contributed by atoms with Crippen molar-refractivity contribution in [3.63, 3.8) is 0 Å². The molecule has 4 bridgehead atoms. The molecule has 1 unspecified atom stereocenters. The van der Waals surface area contributed by atoms with Crippen molar-refractivity contribution in [2.24, 2.45) is 17.8 Å². The van der Waals surface area contributed by atoms with Crippen LogP contribution in [0.3, 0.4) is 0 Å². The minimum Gasteiger partial charge on any atom is -0.332 e. The summed E-state index contributed by atoms with van der Waals surface area (Å²) < 4.78 is 40.1. The number of amides is 3. The Kier molecular flexibility index (Phi) is 6.18. The lowest BCUT2D eigenvalue weighted by molar-refractivity contribution is -0.125. The van der Waals surface area contributed by atoms with Gasteiger partial charge in [-0.15, -0.1) is 0 Å². The zero-order chi connectivity index (χ0) is 24.1. The van der Waals surface area contributed by atoms with E-state index in [1.165, 1.54) is 35.7 Å². The minimum absolute atomic E-state index is 0.0505. The molecule has 4 aliphatic carbocycles. The van der Waals surface area contributed by atoms with E-state index in [4.69, 9.17) is 0 Å². The van der Waals surface area contributed by atoms with E-state index in [-0.39, 0.29) is 29.4 Å². The summed E-state index contributed by atoms with van der Waals surface area (Å²) >= 11 is 0. The molecule has 1 atom stereocenters. The number of rotatable bonds is 5. The Labute approximate surface area is 200 Å². The van der Waals surface area contributed by atoms with Gasteiger partial charge in [0.2, 0.25) is 15.9 Å². The fraction of sp³-hybridized carbons (Fsp3) is 0.667. The van der Waals surface area contributed by atoms with Gasteiger partial charge in [0.1, 0.15) is 5.82 Å². The number of benzene rings is 1. The van der Waals surface area contributed by atoms with Crippen molar-refractivity contribution >= 4 is 22.0 Å². The van der Waals surface area contributed by atoms with Crippen LogP contribution in [0.2, 0.25) is 0 Å². The molecular weight excluding hydrogens is 459 g/mol. The van der Waals surface area contributed by atoms with E-state index >= 15 is 0 Å². The Bertz CT molecular complexity index is 1020. The number of sulfonamides is 1. The van der Waals surface area contributed by atoms with E-state index in [1.807, 2.05) is 4.90 Å². The van der Waals surface area contributed by atoms with Crippen molar-refractivity contribution in [2.45, 2.75) is 61.9 Å². The molecule has 4 saturated carbocycles. The van der Waals surface area contributed by atoms with Gasteiger partial charge in [0.25, 0.3) is 0 Å². The third-order valence-corrected chi connectivity index (χ3v) is 10.2. The number of imide groups is 1. The van der Waals surface area contributed by atoms with Crippen LogP contribution in [0.25, 0.3) is 0 Å². The summed E-state index contributed by atoms with van der Waals surface area (Å²) in [6.07, 6.45) is 6.88. The van der Waals surface area contributed by atoms with E-state index in [0.29, 0.717) is 30.8 Å². The Hall–Kier alpha value is -2.04. The summed E-state index contributed by atoms with van der Waals surface area (Å²) in [6, 6.07) is 3.80. The van der Waals surface area contributed by atoms with Crippen molar-refractivity contribution < 1.29 is 22.4 Å². The molecule has 34 heavy (non-hydrogen) atoms. The van der Waals surface area contributed by atoms with E-state index in [0.717, 1.165) is 31.4 Å². The largest absolute Gasteiger partial charge is 0.332 e. The lowest BCUT2D eigenvalue weighted by Crippen LogP contribution is -2.63. The second kappa shape index (κ2) is 8.87. The average Bonchev–Trinajstić information content (AvgIpc) is 2.77. The SMILES string of the molecule is CC(C(=O)NC(=O)NC12CC3CC(CC(C3)C1)C2)N1CCN(S(=O)(=O)c2ccc(F)cc2)CC1. The summed E-state index contributed by atoms with van der Waals surface area (Å²) in [5.74, 6) is 1.23. The van der Waals surface area contributed by atoms with Crippen LogP contribution in [0.5, 0.6) is 0 Å². The molecule has 5 aliphatic rings. The van der Waals surface area contributed by atoms with Crippen molar-refractivity contribution in [1.29, 1.82) is 0 Å². The Morgan fingerprint density at radius 1 is 0.971 bits per heavy atom. The van der Waals surface area contributed by atoms with Crippen LogP contribution < -0.4 is 10.6 Å². The van der Waals surface area contributed by atoms with Crippen molar-refractivity contribution in [3.8, 4) is 0 Å². The molecule has 5 fully saturated rings. The van der Waals surface area contributed by atoms with Gasteiger partial charge in [-0.1, -0.05) is 0 Å². The van der Waals surface area contributed by atoms with Crippen molar-refractivity contribution in [1.82, 2.24) is 19.8 Å². The maximum absolute atomic E-state index is 13.2. The Balaban J connectivity index is 1.13. The number of carbonyl (C=O) groups excluding carboxylic acids is 2. The normalized spacial score (nSPS) is 32.4. The average molecular weight is 493 g/mol. The molecule has 0 radical (unpaired) electrons. The van der Waals surface area contributed by atoms with E-state index < -0.39 is 27.9 Å². The highest BCUT2D eigenvalue weighted by Gasteiger charge is 2.51. The first-order valence-electron chi connectivity index (χ1n) is 12.3. The first-order chi connectivity index (χ1) is 16.1. The molecule has 0 aromatic heterocycles. The van der Waals surface area contributed by atoms with Gasteiger partial charge in [-0.2, -0.15) is 4.31 Å². The summed E-state index contributed by atoms with van der Waals surface area (Å²) in [5, 5.41) is 5.69. The molecule has 2 N–H and O–H groups in total. The fourth-order valence-corrected chi connectivity index (χ4v) is 8.43. The molecule has 8 nitrogen and oxygen atoms in total. The molecule has 3 amide bonds. The third kappa shape index (κ3) is 4.59. The second-order valence-electron chi connectivity index (χ2n) is 10.7. The highest BCUT2D eigenvalue weighted by atomic mass is 32.2. The number of carbonyl (C=O) groups is 2. The van der Waals surface area contributed by atoms with Gasteiger partial charge >= 0.3 is 6.03 Å². The van der Waals surface area contributed by atoms with Crippen LogP contribution in [0, 0.1) is 23.6 Å². The summed E-state index contributed by atoms with van der Waals surface area (Å²) in [5.41, 5.74) is -0.164. The zero-order valence-electron chi connectivity index (χ0n) is 19.5. The molecule has 1 aromatic carbocycles. The number of piperazine rings is 1. The van der Waals surface area contributed by atoms with E-state index in [9.17, 15) is 22.4 Å². The predicted octanol–water partition coefficient (Wildman–Crippen LogP) is 2.32. The third-order valence-electron chi connectivity index (χ3n) is 8.31. The molecular formula is C24H33FN4O4S. The molecule has 1 aromatic rings. The molecule has 186 valence electrons. The summed E-state index contributed by atoms with van der Waals surface area (Å²) in [4.78, 5) is 27.4. The van der Waals surface area contributed by atoms with Gasteiger partial charge in [0, 0.05) is 31.7 Å². The molecule has 6 rings (SSSR count). The molecule has 1 saturated heterocycles. The van der Waals surface area contributed by atoms with Gasteiger partial charge in [-0.05, 0) is 87.5 Å². The standard InChI is InChI=1S/C24H33FN4O4S/c1-16(28-6-8-29(9-7-28)34(32,33)21-4-2-20(25)3-5-21)22(30)26-23(31)27-24-13-17-10-18(14-24)12-19(11-17)15-24/h2-5,16-19H,6-15H2,1H3,(H2,26,27,30,31). The van der Waals surface area contributed by atoms with Crippen LogP contribution in [-0.4, -0.2) is 67.3 Å². The maximum atomic E-state index is 13.2. The number of hydrogen-bond donors (Lipinski definition) is 2. The zero-order valence-corrected chi connectivity index (χ0v) is 20.3. The van der Waals surface area contributed by atoms with Gasteiger partial charge in [0.15, 0.2) is 0 Å². The maximum Gasteiger partial charge on any atom is 0.321 e. The van der Waals surface area contributed by atoms with Crippen molar-refractivity contribution in [2.75, 3.05) is 26.2 Å². The van der Waals surface area contributed by atoms with Crippen LogP contribution in [0.1, 0.15) is 45.4 Å². The number of nitrogens with one attached hydrogen (secondary N) is 2. The summed E-state index contributed by atoms with van der Waals surface area (Å²) in [7, 11) is -3.72. The quantitative estimate of drug-likeness (QED) is 0.657. The summed E-state index contributed by atoms with van der Waals surface area (Å²) in [6.45, 7) is 2.91. The molecule has 0 spiro atoms. The van der Waals surface area contributed by atoms with Gasteiger partial charge in [0.05, 0.1) is 10.9 Å². The van der Waals surface area contributed by atoms with E-state index in [2.05, 4.69) is 10.6 Å². The van der Waals surface area contributed by atoms with Crippen LogP contribution >= 0.6 is 0 Å². The van der Waals surface area contributed by atoms with Gasteiger partial charge in [-0.25, -0.2) is 17.6 Å². The second-order valence-corrected chi connectivity index (χ2v) is 12.6. The van der Waals surface area contributed by atoms with Crippen LogP contribution in [0.15, 0.2) is 29.2 Å². The number of urea groups is 1. The van der Waals surface area contributed by atoms with Gasteiger partial charge < -0.3 is 5.32 Å². The molecule has 1 aliphatic heterocycles. The molecule has 1 heterocycles. The highest BCUT2D eigenvalue weighted by Crippen LogP contribution is 2.55. The molecule has 10 heteroatoms. The van der Waals surface area contributed by atoms with E-state index in [1.54, 1.807) is 6.92 Å². The number of halogens is 1. The lowest BCUT2D eigenvalue weighted by Gasteiger charge is -2.56. The first kappa shape index (κ1) is 23.7. The fourth-order valence-electron chi connectivity index (χ4n) is 7.00. The minimum atomic E-state index is -3.72. The highest BCUT2D eigenvalue weighted by molar-refractivity contribution is 7.89. The first-order valence-corrected chi connectivity index (χ1v) is 13.7. The Morgan fingerprint density at radius 3 is 2.03 bits per heavy atom. The topological polar surface area (TPSA) is 98.8 Å².